The number of anilines is 1. The summed E-state index contributed by atoms with van der Waals surface area (Å²) >= 11 is 0. The minimum atomic E-state index is -0.452. The molecular weight excluding hydrogens is 364 g/mol. The normalized spacial score (nSPS) is 20.8. The predicted octanol–water partition coefficient (Wildman–Crippen LogP) is 3.72. The van der Waals surface area contributed by atoms with E-state index >= 15 is 0 Å². The van der Waals surface area contributed by atoms with Crippen LogP contribution < -0.4 is 10.6 Å². The standard InChI is InChI=1S/C23H24N4O2/c1-14-19(22(29)27-18-8-4-5-10-25-18)20(15-7-6-9-24-13-15)21-16(26-14)11-23(2,3)12-17(21)28/h4-10,13,20,26H,11-12H2,1-3H3,(H,25,27,29). The summed E-state index contributed by atoms with van der Waals surface area (Å²) in [6.45, 7) is 6.07. The van der Waals surface area contributed by atoms with Crippen molar-refractivity contribution in [2.45, 2.75) is 39.5 Å². The minimum Gasteiger partial charge on any atom is -0.362 e. The molecule has 0 radical (unpaired) electrons. The van der Waals surface area contributed by atoms with Crippen molar-refractivity contribution >= 4 is 17.5 Å². The lowest BCUT2D eigenvalue weighted by Gasteiger charge is -2.39. The van der Waals surface area contributed by atoms with Gasteiger partial charge < -0.3 is 10.6 Å². The third-order valence-corrected chi connectivity index (χ3v) is 5.41. The Bertz CT molecular complexity index is 1020. The average Bonchev–Trinajstić information content (AvgIpc) is 2.67. The van der Waals surface area contributed by atoms with Crippen molar-refractivity contribution in [2.75, 3.05) is 5.32 Å². The number of aromatic nitrogens is 2. The molecule has 1 aliphatic heterocycles. The molecule has 0 bridgehead atoms. The number of rotatable bonds is 3. The summed E-state index contributed by atoms with van der Waals surface area (Å²) in [6.07, 6.45) is 6.27. The van der Waals surface area contributed by atoms with Crippen molar-refractivity contribution < 1.29 is 9.59 Å². The highest BCUT2D eigenvalue weighted by Crippen LogP contribution is 2.46. The van der Waals surface area contributed by atoms with Crippen LogP contribution in [0.5, 0.6) is 0 Å². The van der Waals surface area contributed by atoms with Crippen molar-refractivity contribution in [3.05, 3.63) is 77.0 Å². The van der Waals surface area contributed by atoms with Crippen molar-refractivity contribution in [3.63, 3.8) is 0 Å². The van der Waals surface area contributed by atoms with Crippen LogP contribution >= 0.6 is 0 Å². The molecule has 1 amide bonds. The Labute approximate surface area is 170 Å². The molecule has 1 unspecified atom stereocenters. The molecule has 4 rings (SSSR count). The number of Topliss-reactive ketones (excluding diaryl/α,β-unsaturated/α-hetero) is 1. The van der Waals surface area contributed by atoms with E-state index in [0.29, 0.717) is 23.4 Å². The van der Waals surface area contributed by atoms with Gasteiger partial charge in [0.25, 0.3) is 5.91 Å². The first-order chi connectivity index (χ1) is 13.9. The zero-order chi connectivity index (χ0) is 20.6. The third-order valence-electron chi connectivity index (χ3n) is 5.41. The van der Waals surface area contributed by atoms with Crippen LogP contribution in [0.1, 0.15) is 45.1 Å². The maximum absolute atomic E-state index is 13.3. The number of allylic oxidation sites excluding steroid dienone is 3. The van der Waals surface area contributed by atoms with E-state index < -0.39 is 5.92 Å². The van der Waals surface area contributed by atoms with Gasteiger partial charge in [0.2, 0.25) is 0 Å². The molecule has 0 saturated heterocycles. The number of dihydropyridines is 1. The van der Waals surface area contributed by atoms with Crippen LogP contribution in [0.25, 0.3) is 0 Å². The molecule has 0 saturated carbocycles. The predicted molar refractivity (Wildman–Crippen MR) is 111 cm³/mol. The first-order valence-electron chi connectivity index (χ1n) is 9.72. The molecule has 0 aromatic carbocycles. The lowest BCUT2D eigenvalue weighted by molar-refractivity contribution is -0.118. The summed E-state index contributed by atoms with van der Waals surface area (Å²) in [5.41, 5.74) is 3.57. The average molecular weight is 388 g/mol. The van der Waals surface area contributed by atoms with Crippen molar-refractivity contribution in [1.29, 1.82) is 0 Å². The monoisotopic (exact) mass is 388 g/mol. The number of carbonyl (C=O) groups excluding carboxylic acids is 2. The van der Waals surface area contributed by atoms with E-state index in [0.717, 1.165) is 23.4 Å². The van der Waals surface area contributed by atoms with Crippen molar-refractivity contribution in [3.8, 4) is 0 Å². The van der Waals surface area contributed by atoms with Crippen LogP contribution in [0.4, 0.5) is 5.82 Å². The molecule has 0 fully saturated rings. The van der Waals surface area contributed by atoms with Crippen LogP contribution in [0.15, 0.2) is 71.5 Å². The molecule has 148 valence electrons. The van der Waals surface area contributed by atoms with E-state index in [-0.39, 0.29) is 17.1 Å². The molecular formula is C23H24N4O2. The second-order valence-corrected chi connectivity index (χ2v) is 8.39. The number of nitrogens with one attached hydrogen (secondary N) is 2. The Kier molecular flexibility index (Phi) is 4.78. The van der Waals surface area contributed by atoms with E-state index in [1.54, 1.807) is 30.7 Å². The molecule has 1 atom stereocenters. The molecule has 6 heteroatoms. The Morgan fingerprint density at radius 2 is 2.00 bits per heavy atom. The van der Waals surface area contributed by atoms with Gasteiger partial charge in [0, 0.05) is 53.5 Å². The second-order valence-electron chi connectivity index (χ2n) is 8.39. The SMILES string of the molecule is CC1=C(C(=O)Nc2ccccn2)C(c2cccnc2)C2=C(CC(C)(C)CC2=O)N1. The quantitative estimate of drug-likeness (QED) is 0.837. The lowest BCUT2D eigenvalue weighted by Crippen LogP contribution is -2.39. The smallest absolute Gasteiger partial charge is 0.255 e. The highest BCUT2D eigenvalue weighted by Gasteiger charge is 2.42. The topological polar surface area (TPSA) is 84.0 Å². The van der Waals surface area contributed by atoms with Crippen LogP contribution in [-0.2, 0) is 9.59 Å². The van der Waals surface area contributed by atoms with E-state index in [4.69, 9.17) is 0 Å². The Hall–Kier alpha value is -3.28. The zero-order valence-corrected chi connectivity index (χ0v) is 16.8. The first kappa shape index (κ1) is 19.1. The summed E-state index contributed by atoms with van der Waals surface area (Å²) in [7, 11) is 0. The zero-order valence-electron chi connectivity index (χ0n) is 16.8. The third kappa shape index (κ3) is 3.70. The van der Waals surface area contributed by atoms with Crippen LogP contribution in [0, 0.1) is 5.41 Å². The number of hydrogen-bond acceptors (Lipinski definition) is 5. The van der Waals surface area contributed by atoms with Gasteiger partial charge in [-0.15, -0.1) is 0 Å². The van der Waals surface area contributed by atoms with Gasteiger partial charge in [-0.25, -0.2) is 4.98 Å². The van der Waals surface area contributed by atoms with Gasteiger partial charge in [-0.05, 0) is 42.5 Å². The molecule has 2 aromatic heterocycles. The summed E-state index contributed by atoms with van der Waals surface area (Å²) in [5.74, 6) is -0.175. The maximum atomic E-state index is 13.3. The van der Waals surface area contributed by atoms with Gasteiger partial charge in [-0.2, -0.15) is 0 Å². The van der Waals surface area contributed by atoms with E-state index in [9.17, 15) is 9.59 Å². The molecule has 2 aromatic rings. The molecule has 29 heavy (non-hydrogen) atoms. The second kappa shape index (κ2) is 7.28. The largest absolute Gasteiger partial charge is 0.362 e. The molecule has 1 aliphatic carbocycles. The first-order valence-corrected chi connectivity index (χ1v) is 9.72. The minimum absolute atomic E-state index is 0.0771. The summed E-state index contributed by atoms with van der Waals surface area (Å²) < 4.78 is 0. The fourth-order valence-corrected chi connectivity index (χ4v) is 4.24. The Balaban J connectivity index is 1.80. The van der Waals surface area contributed by atoms with E-state index in [1.165, 1.54) is 0 Å². The number of pyridine rings is 2. The molecule has 2 aliphatic rings. The molecule has 6 nitrogen and oxygen atoms in total. The summed E-state index contributed by atoms with van der Waals surface area (Å²) in [4.78, 5) is 34.9. The highest BCUT2D eigenvalue weighted by molar-refractivity contribution is 6.09. The fraction of sp³-hybridized carbons (Fsp3) is 0.304. The molecule has 2 N–H and O–H groups in total. The molecule has 0 spiro atoms. The lowest BCUT2D eigenvalue weighted by atomic mass is 9.68. The van der Waals surface area contributed by atoms with Gasteiger partial charge in [0.15, 0.2) is 5.78 Å². The summed E-state index contributed by atoms with van der Waals surface area (Å²) in [6, 6.07) is 9.10. The van der Waals surface area contributed by atoms with Gasteiger partial charge in [0.1, 0.15) is 5.82 Å². The van der Waals surface area contributed by atoms with Crippen LogP contribution in [0.2, 0.25) is 0 Å². The molecule has 3 heterocycles. The van der Waals surface area contributed by atoms with Crippen molar-refractivity contribution in [1.82, 2.24) is 15.3 Å². The van der Waals surface area contributed by atoms with Gasteiger partial charge in [-0.1, -0.05) is 26.0 Å². The number of amides is 1. The Morgan fingerprint density at radius 3 is 2.69 bits per heavy atom. The van der Waals surface area contributed by atoms with Gasteiger partial charge in [-0.3, -0.25) is 14.6 Å². The van der Waals surface area contributed by atoms with Crippen LogP contribution in [-0.4, -0.2) is 21.7 Å². The number of carbonyl (C=O) groups is 2. The van der Waals surface area contributed by atoms with Gasteiger partial charge >= 0.3 is 0 Å². The number of ketones is 1. The van der Waals surface area contributed by atoms with E-state index in [1.807, 2.05) is 25.1 Å². The summed E-state index contributed by atoms with van der Waals surface area (Å²) in [5, 5.41) is 6.22. The number of hydrogen-bond donors (Lipinski definition) is 2. The number of nitrogens with zero attached hydrogens (tertiary/aromatic N) is 2. The Morgan fingerprint density at radius 1 is 1.17 bits per heavy atom. The highest BCUT2D eigenvalue weighted by atomic mass is 16.2. The van der Waals surface area contributed by atoms with Crippen LogP contribution in [0.3, 0.4) is 0 Å². The fourth-order valence-electron chi connectivity index (χ4n) is 4.24. The van der Waals surface area contributed by atoms with Gasteiger partial charge in [0.05, 0.1) is 0 Å². The maximum Gasteiger partial charge on any atom is 0.255 e. The van der Waals surface area contributed by atoms with Crippen molar-refractivity contribution in [2.24, 2.45) is 5.41 Å². The van der Waals surface area contributed by atoms with E-state index in [2.05, 4.69) is 34.4 Å².